The molecule has 1 N–H and O–H groups in total. The number of halogens is 6. The predicted molar refractivity (Wildman–Crippen MR) is 100 cm³/mol. The Bertz CT molecular complexity index is 993. The molecule has 0 aliphatic carbocycles. The van der Waals surface area contributed by atoms with Gasteiger partial charge in [-0.2, -0.15) is 22.7 Å². The molecule has 1 saturated heterocycles. The van der Waals surface area contributed by atoms with E-state index in [9.17, 15) is 26.7 Å². The van der Waals surface area contributed by atoms with Crippen molar-refractivity contribution in [1.82, 2.24) is 10.2 Å². The van der Waals surface area contributed by atoms with Crippen molar-refractivity contribution < 1.29 is 36.2 Å². The van der Waals surface area contributed by atoms with Gasteiger partial charge in [-0.25, -0.2) is 4.39 Å². The molecule has 0 radical (unpaired) electrons. The highest BCUT2D eigenvalue weighted by Crippen LogP contribution is 2.48. The van der Waals surface area contributed by atoms with E-state index in [1.54, 1.807) is 0 Å². The van der Waals surface area contributed by atoms with Crippen LogP contribution in [0.1, 0.15) is 6.42 Å². The first-order valence-electron chi connectivity index (χ1n) is 8.75. The molecule has 7 nitrogen and oxygen atoms in total. The first-order chi connectivity index (χ1) is 14.6. The van der Waals surface area contributed by atoms with Gasteiger partial charge in [0.05, 0.1) is 24.7 Å². The number of nitrogens with one attached hydrogen (secondary N) is 1. The third-order valence-corrected chi connectivity index (χ3v) is 5.19. The number of benzene rings is 1. The molecule has 2 heterocycles. The first-order valence-corrected chi connectivity index (χ1v) is 9.13. The summed E-state index contributed by atoms with van der Waals surface area (Å²) in [5.41, 5.74) is -3.19. The summed E-state index contributed by atoms with van der Waals surface area (Å²) >= 11 is 5.71. The van der Waals surface area contributed by atoms with E-state index in [0.29, 0.717) is 0 Å². The van der Waals surface area contributed by atoms with Crippen molar-refractivity contribution in [2.75, 3.05) is 31.0 Å². The second kappa shape index (κ2) is 8.42. The average Bonchev–Trinajstić information content (AvgIpc) is 3.10. The zero-order valence-corrected chi connectivity index (χ0v) is 16.9. The smallest absolute Gasteiger partial charge is 0.420 e. The highest BCUT2D eigenvalue weighted by Gasteiger charge is 2.67. The van der Waals surface area contributed by atoms with Crippen LogP contribution in [0.4, 0.5) is 33.3 Å². The van der Waals surface area contributed by atoms with Crippen molar-refractivity contribution in [2.24, 2.45) is 0 Å². The molecular formula is C18H16ClF5N4O3. The van der Waals surface area contributed by atoms with Gasteiger partial charge >= 0.3 is 6.18 Å². The minimum Gasteiger partial charge on any atom is -0.491 e. The molecule has 2 aromatic rings. The lowest BCUT2D eigenvalue weighted by atomic mass is 9.92. The Balaban J connectivity index is 2.11. The summed E-state index contributed by atoms with van der Waals surface area (Å²) in [6, 6.07) is 0.939. The van der Waals surface area contributed by atoms with Gasteiger partial charge < -0.3 is 19.7 Å². The highest BCUT2D eigenvalue weighted by atomic mass is 35.5. The monoisotopic (exact) mass is 466 g/mol. The predicted octanol–water partition coefficient (Wildman–Crippen LogP) is 3.58. The van der Waals surface area contributed by atoms with Crippen molar-refractivity contribution in [1.29, 1.82) is 0 Å². The lowest BCUT2D eigenvalue weighted by Gasteiger charge is -2.38. The fourth-order valence-electron chi connectivity index (χ4n) is 3.60. The molecule has 1 aromatic heterocycles. The Morgan fingerprint density at radius 1 is 1.32 bits per heavy atom. The van der Waals surface area contributed by atoms with Gasteiger partial charge in [0.25, 0.3) is 5.91 Å². The summed E-state index contributed by atoms with van der Waals surface area (Å²) in [5.74, 6) is -4.42. The number of hydrogen-bond acceptors (Lipinski definition) is 6. The van der Waals surface area contributed by atoms with E-state index >= 15 is 0 Å². The number of hydrogen-bond donors (Lipinski definition) is 1. The summed E-state index contributed by atoms with van der Waals surface area (Å²) in [5, 5.41) is 9.20. The molecule has 1 fully saturated rings. The SMILES string of the molecule is COc1c(N2CCC(OC)(C(F)(F)F)C2C(=O)Nc2cnnc(Cl)c2)ccc(F)c1F. The third kappa shape index (κ3) is 3.97. The van der Waals surface area contributed by atoms with Gasteiger partial charge in [-0.05, 0) is 12.1 Å². The van der Waals surface area contributed by atoms with Crippen LogP contribution in [0.2, 0.25) is 5.15 Å². The maximum absolute atomic E-state index is 14.2. The molecule has 2 unspecified atom stereocenters. The van der Waals surface area contributed by atoms with E-state index in [2.05, 4.69) is 15.5 Å². The van der Waals surface area contributed by atoms with Crippen molar-refractivity contribution in [3.8, 4) is 5.75 Å². The van der Waals surface area contributed by atoms with E-state index in [0.717, 1.165) is 37.4 Å². The normalized spacial score (nSPS) is 21.3. The van der Waals surface area contributed by atoms with Crippen molar-refractivity contribution in [3.05, 3.63) is 41.2 Å². The lowest BCUT2D eigenvalue weighted by Crippen LogP contribution is -2.61. The molecule has 1 aromatic carbocycles. The van der Waals surface area contributed by atoms with Crippen molar-refractivity contribution in [3.63, 3.8) is 0 Å². The van der Waals surface area contributed by atoms with Crippen LogP contribution in [0.15, 0.2) is 24.4 Å². The highest BCUT2D eigenvalue weighted by molar-refractivity contribution is 6.29. The number of methoxy groups -OCH3 is 2. The fraction of sp³-hybridized carbons (Fsp3) is 0.389. The third-order valence-electron chi connectivity index (χ3n) is 5.00. The number of carbonyl (C=O) groups is 1. The summed E-state index contributed by atoms with van der Waals surface area (Å²) in [6.45, 7) is -0.359. The van der Waals surface area contributed by atoms with Crippen LogP contribution >= 0.6 is 11.6 Å². The number of rotatable bonds is 5. The molecule has 1 amide bonds. The number of aromatic nitrogens is 2. The van der Waals surface area contributed by atoms with Gasteiger partial charge in [-0.3, -0.25) is 4.79 Å². The van der Waals surface area contributed by atoms with Crippen LogP contribution in [0.3, 0.4) is 0 Å². The van der Waals surface area contributed by atoms with Crippen LogP contribution in [0.5, 0.6) is 5.75 Å². The van der Waals surface area contributed by atoms with E-state index < -0.39 is 47.5 Å². The number of alkyl halides is 3. The van der Waals surface area contributed by atoms with Gasteiger partial charge in [0.15, 0.2) is 22.3 Å². The zero-order valence-electron chi connectivity index (χ0n) is 16.1. The summed E-state index contributed by atoms with van der Waals surface area (Å²) < 4.78 is 79.9. The Morgan fingerprint density at radius 3 is 2.61 bits per heavy atom. The largest absolute Gasteiger partial charge is 0.491 e. The zero-order chi connectivity index (χ0) is 23.0. The van der Waals surface area contributed by atoms with Crippen LogP contribution in [0.25, 0.3) is 0 Å². The van der Waals surface area contributed by atoms with Gasteiger partial charge in [-0.1, -0.05) is 11.6 Å². The Morgan fingerprint density at radius 2 is 2.03 bits per heavy atom. The van der Waals surface area contributed by atoms with E-state index in [1.165, 1.54) is 6.07 Å². The molecule has 168 valence electrons. The summed E-state index contributed by atoms with van der Waals surface area (Å²) in [6.07, 6.45) is -4.54. The second-order valence-corrected chi connectivity index (χ2v) is 6.99. The lowest BCUT2D eigenvalue weighted by molar-refractivity contribution is -0.269. The van der Waals surface area contributed by atoms with Crippen LogP contribution in [0, 0.1) is 11.6 Å². The number of anilines is 2. The fourth-order valence-corrected chi connectivity index (χ4v) is 3.77. The molecule has 3 rings (SSSR count). The Labute approximate surface area is 178 Å². The second-order valence-electron chi connectivity index (χ2n) is 6.61. The maximum Gasteiger partial charge on any atom is 0.420 e. The Hall–Kier alpha value is -2.73. The molecule has 0 spiro atoms. The van der Waals surface area contributed by atoms with Crippen LogP contribution in [-0.4, -0.2) is 54.7 Å². The molecular weight excluding hydrogens is 451 g/mol. The Kier molecular flexibility index (Phi) is 6.23. The topological polar surface area (TPSA) is 76.6 Å². The number of ether oxygens (including phenoxy) is 2. The minimum absolute atomic E-state index is 0.0127. The van der Waals surface area contributed by atoms with E-state index in [1.807, 2.05) is 0 Å². The molecule has 1 aliphatic heterocycles. The maximum atomic E-state index is 14.2. The quantitative estimate of drug-likeness (QED) is 0.679. The minimum atomic E-state index is -4.97. The van der Waals surface area contributed by atoms with Crippen LogP contribution < -0.4 is 15.0 Å². The van der Waals surface area contributed by atoms with Gasteiger partial charge in [-0.15, -0.1) is 5.10 Å². The number of carbonyl (C=O) groups excluding carboxylic acids is 1. The van der Waals surface area contributed by atoms with Crippen LogP contribution in [-0.2, 0) is 9.53 Å². The molecule has 2 atom stereocenters. The van der Waals surface area contributed by atoms with Gasteiger partial charge in [0.1, 0.15) is 6.04 Å². The first kappa shape index (κ1) is 22.9. The van der Waals surface area contributed by atoms with E-state index in [4.69, 9.17) is 21.1 Å². The number of amides is 1. The van der Waals surface area contributed by atoms with Crippen molar-refractivity contribution >= 4 is 28.9 Å². The average molecular weight is 467 g/mol. The summed E-state index contributed by atoms with van der Waals surface area (Å²) in [4.78, 5) is 14.0. The number of nitrogens with zero attached hydrogens (tertiary/aromatic N) is 3. The summed E-state index contributed by atoms with van der Waals surface area (Å²) in [7, 11) is 1.86. The van der Waals surface area contributed by atoms with Gasteiger partial charge in [0.2, 0.25) is 5.82 Å². The molecule has 13 heteroatoms. The molecule has 1 aliphatic rings. The molecule has 0 saturated carbocycles. The van der Waals surface area contributed by atoms with Crippen molar-refractivity contribution in [2.45, 2.75) is 24.2 Å². The standard InChI is InChI=1S/C18H16ClF5N4O3/c1-30-14-11(4-3-10(20)13(14)21)28-6-5-17(31-2,18(22,23)24)15(28)16(29)26-9-7-12(19)27-25-8-9/h3-4,7-8,15H,5-6H2,1-2H3,(H,26,27,29). The molecule has 31 heavy (non-hydrogen) atoms. The molecule has 0 bridgehead atoms. The van der Waals surface area contributed by atoms with Gasteiger partial charge in [0, 0.05) is 26.1 Å². The van der Waals surface area contributed by atoms with E-state index in [-0.39, 0.29) is 23.1 Å².